The normalized spacial score (nSPS) is 11.6. The van der Waals surface area contributed by atoms with Crippen LogP contribution in [0, 0.1) is 0 Å². The minimum absolute atomic E-state index is 0.0273. The SMILES string of the molecule is CCN(CC)CCOC(=O)c1cc(S(N)(=O)=O)c(Cl)cc1NCc1ccco1. The van der Waals surface area contributed by atoms with E-state index in [1.54, 1.807) is 12.1 Å². The fourth-order valence-corrected chi connectivity index (χ4v) is 3.67. The maximum absolute atomic E-state index is 12.6. The summed E-state index contributed by atoms with van der Waals surface area (Å²) in [4.78, 5) is 14.4. The molecule has 8 nitrogen and oxygen atoms in total. The molecule has 0 spiro atoms. The van der Waals surface area contributed by atoms with E-state index in [2.05, 4.69) is 10.2 Å². The number of carbonyl (C=O) groups is 1. The summed E-state index contributed by atoms with van der Waals surface area (Å²) in [6, 6.07) is 5.96. The first-order valence-corrected chi connectivity index (χ1v) is 10.7. The van der Waals surface area contributed by atoms with Gasteiger partial charge >= 0.3 is 5.97 Å². The second-order valence-corrected chi connectivity index (χ2v) is 7.91. The third-order valence-electron chi connectivity index (χ3n) is 4.17. The van der Waals surface area contributed by atoms with Gasteiger partial charge in [-0.3, -0.25) is 0 Å². The Hall–Kier alpha value is -2.07. The van der Waals surface area contributed by atoms with E-state index in [-0.39, 0.29) is 28.6 Å². The third-order valence-corrected chi connectivity index (χ3v) is 5.54. The molecule has 28 heavy (non-hydrogen) atoms. The molecule has 0 unspecified atom stereocenters. The highest BCUT2D eigenvalue weighted by Crippen LogP contribution is 2.29. The number of nitrogens with zero attached hydrogens (tertiary/aromatic N) is 1. The van der Waals surface area contributed by atoms with Crippen molar-refractivity contribution in [1.29, 1.82) is 0 Å². The van der Waals surface area contributed by atoms with Gasteiger partial charge in [0.15, 0.2) is 0 Å². The Morgan fingerprint density at radius 3 is 2.61 bits per heavy atom. The summed E-state index contributed by atoms with van der Waals surface area (Å²) < 4.78 is 34.1. The molecule has 2 rings (SSSR count). The maximum atomic E-state index is 12.6. The molecule has 0 saturated carbocycles. The number of hydrogen-bond donors (Lipinski definition) is 2. The first-order valence-electron chi connectivity index (χ1n) is 8.78. The van der Waals surface area contributed by atoms with Gasteiger partial charge < -0.3 is 19.4 Å². The summed E-state index contributed by atoms with van der Waals surface area (Å²) in [5.74, 6) is -0.0387. The molecule has 3 N–H and O–H groups in total. The topological polar surface area (TPSA) is 115 Å². The monoisotopic (exact) mass is 429 g/mol. The lowest BCUT2D eigenvalue weighted by atomic mass is 10.1. The van der Waals surface area contributed by atoms with Gasteiger partial charge in [0.05, 0.1) is 29.1 Å². The van der Waals surface area contributed by atoms with Crippen LogP contribution < -0.4 is 10.5 Å². The maximum Gasteiger partial charge on any atom is 0.340 e. The van der Waals surface area contributed by atoms with Crippen molar-refractivity contribution in [1.82, 2.24) is 4.90 Å². The molecule has 0 bridgehead atoms. The molecule has 0 fully saturated rings. The smallest absolute Gasteiger partial charge is 0.340 e. The second kappa shape index (κ2) is 9.92. The Morgan fingerprint density at radius 1 is 1.32 bits per heavy atom. The van der Waals surface area contributed by atoms with E-state index in [1.807, 2.05) is 13.8 Å². The highest BCUT2D eigenvalue weighted by Gasteiger charge is 2.22. The van der Waals surface area contributed by atoms with Crippen molar-refractivity contribution in [2.45, 2.75) is 25.3 Å². The van der Waals surface area contributed by atoms with Crippen LogP contribution in [-0.2, 0) is 21.3 Å². The van der Waals surface area contributed by atoms with Gasteiger partial charge in [-0.1, -0.05) is 25.4 Å². The Kier molecular flexibility index (Phi) is 7.88. The van der Waals surface area contributed by atoms with Gasteiger partial charge in [0.25, 0.3) is 0 Å². The summed E-state index contributed by atoms with van der Waals surface area (Å²) in [6.07, 6.45) is 1.52. The van der Waals surface area contributed by atoms with Gasteiger partial charge in [-0.25, -0.2) is 18.4 Å². The summed E-state index contributed by atoms with van der Waals surface area (Å²) in [5.41, 5.74) is 0.348. The molecule has 0 saturated heterocycles. The van der Waals surface area contributed by atoms with E-state index in [9.17, 15) is 13.2 Å². The number of rotatable bonds is 10. The van der Waals surface area contributed by atoms with Crippen molar-refractivity contribution in [2.75, 3.05) is 31.6 Å². The third kappa shape index (κ3) is 5.96. The number of halogens is 1. The first kappa shape index (κ1) is 22.2. The van der Waals surface area contributed by atoms with Crippen LogP contribution in [0.1, 0.15) is 30.0 Å². The van der Waals surface area contributed by atoms with Crippen LogP contribution in [0.5, 0.6) is 0 Å². The number of furan rings is 1. The van der Waals surface area contributed by atoms with Crippen molar-refractivity contribution in [3.63, 3.8) is 0 Å². The minimum atomic E-state index is -4.10. The predicted octanol–water partition coefficient (Wildman–Crippen LogP) is 2.69. The van der Waals surface area contributed by atoms with Gasteiger partial charge in [0, 0.05) is 6.54 Å². The van der Waals surface area contributed by atoms with Crippen molar-refractivity contribution in [2.24, 2.45) is 5.14 Å². The number of nitrogens with one attached hydrogen (secondary N) is 1. The van der Waals surface area contributed by atoms with Crippen LogP contribution in [0.15, 0.2) is 39.8 Å². The molecule has 0 aliphatic heterocycles. The zero-order valence-corrected chi connectivity index (χ0v) is 17.3. The molecular weight excluding hydrogens is 406 g/mol. The number of benzene rings is 1. The molecule has 10 heteroatoms. The van der Waals surface area contributed by atoms with Crippen molar-refractivity contribution < 1.29 is 22.4 Å². The van der Waals surface area contributed by atoms with Crippen molar-refractivity contribution >= 4 is 33.3 Å². The number of carbonyl (C=O) groups excluding carboxylic acids is 1. The van der Waals surface area contributed by atoms with E-state index in [0.717, 1.165) is 19.2 Å². The molecule has 154 valence electrons. The lowest BCUT2D eigenvalue weighted by Crippen LogP contribution is -2.28. The van der Waals surface area contributed by atoms with Crippen LogP contribution in [0.3, 0.4) is 0 Å². The van der Waals surface area contributed by atoms with E-state index < -0.39 is 16.0 Å². The molecule has 1 aromatic carbocycles. The van der Waals surface area contributed by atoms with Gasteiger partial charge in [0.2, 0.25) is 10.0 Å². The van der Waals surface area contributed by atoms with Crippen LogP contribution in [0.2, 0.25) is 5.02 Å². The van der Waals surface area contributed by atoms with Gasteiger partial charge in [-0.05, 0) is 37.4 Å². The molecule has 0 amide bonds. The van der Waals surface area contributed by atoms with E-state index in [1.165, 1.54) is 12.3 Å². The summed E-state index contributed by atoms with van der Waals surface area (Å²) >= 11 is 6.05. The highest BCUT2D eigenvalue weighted by atomic mass is 35.5. The Balaban J connectivity index is 2.25. The second-order valence-electron chi connectivity index (χ2n) is 5.97. The van der Waals surface area contributed by atoms with Crippen LogP contribution in [0.25, 0.3) is 0 Å². The number of nitrogens with two attached hydrogens (primary N) is 1. The van der Waals surface area contributed by atoms with Gasteiger partial charge in [-0.15, -0.1) is 0 Å². The van der Waals surface area contributed by atoms with Crippen molar-refractivity contribution in [3.8, 4) is 0 Å². The van der Waals surface area contributed by atoms with Crippen LogP contribution >= 0.6 is 11.6 Å². The molecule has 0 aliphatic rings. The van der Waals surface area contributed by atoms with Crippen LogP contribution in [0.4, 0.5) is 5.69 Å². The molecule has 2 aromatic rings. The Morgan fingerprint density at radius 2 is 2.04 bits per heavy atom. The average Bonchev–Trinajstić information content (AvgIpc) is 3.16. The molecule has 1 heterocycles. The van der Waals surface area contributed by atoms with Crippen LogP contribution in [-0.4, -0.2) is 45.5 Å². The number of anilines is 1. The fourth-order valence-electron chi connectivity index (χ4n) is 2.57. The number of primary sulfonamides is 1. The van der Waals surface area contributed by atoms with Gasteiger partial charge in [-0.2, -0.15) is 0 Å². The molecule has 0 aliphatic carbocycles. The van der Waals surface area contributed by atoms with E-state index in [0.29, 0.717) is 18.0 Å². The average molecular weight is 430 g/mol. The highest BCUT2D eigenvalue weighted by molar-refractivity contribution is 7.89. The number of sulfonamides is 1. The lowest BCUT2D eigenvalue weighted by Gasteiger charge is -2.18. The Labute approximate surface area is 169 Å². The fraction of sp³-hybridized carbons (Fsp3) is 0.389. The number of ether oxygens (including phenoxy) is 1. The van der Waals surface area contributed by atoms with Gasteiger partial charge in [0.1, 0.15) is 17.3 Å². The largest absolute Gasteiger partial charge is 0.467 e. The summed E-state index contributed by atoms with van der Waals surface area (Å²) in [6.45, 7) is 6.72. The van der Waals surface area contributed by atoms with Crippen molar-refractivity contribution in [3.05, 3.63) is 46.9 Å². The standard InChI is InChI=1S/C18H24ClN3O5S/c1-3-22(4-2)7-9-27-18(23)14-10-17(28(20,24)25)15(19)11-16(14)21-12-13-6-5-8-26-13/h5-6,8,10-11,21H,3-4,7,9,12H2,1-2H3,(H2,20,24,25). The molecule has 0 radical (unpaired) electrons. The molecular formula is C18H24ClN3O5S. The predicted molar refractivity (Wildman–Crippen MR) is 107 cm³/mol. The zero-order valence-electron chi connectivity index (χ0n) is 15.8. The minimum Gasteiger partial charge on any atom is -0.467 e. The lowest BCUT2D eigenvalue weighted by molar-refractivity contribution is 0.0467. The number of esters is 1. The first-order chi connectivity index (χ1) is 13.3. The van der Waals surface area contributed by atoms with E-state index in [4.69, 9.17) is 25.9 Å². The quantitative estimate of drug-likeness (QED) is 0.558. The Bertz CT molecular complexity index is 896. The number of hydrogen-bond acceptors (Lipinski definition) is 7. The zero-order chi connectivity index (χ0) is 20.7. The summed E-state index contributed by atoms with van der Waals surface area (Å²) in [5, 5.41) is 8.12. The number of likely N-dealkylation sites (N-methyl/N-ethyl adjacent to an activating group) is 1. The van der Waals surface area contributed by atoms with E-state index >= 15 is 0 Å². The molecule has 0 atom stereocenters. The molecule has 1 aromatic heterocycles. The summed E-state index contributed by atoms with van der Waals surface area (Å²) in [7, 11) is -4.10.